The topological polar surface area (TPSA) is 103 Å². The van der Waals surface area contributed by atoms with Crippen LogP contribution in [-0.2, 0) is 11.3 Å². The van der Waals surface area contributed by atoms with E-state index in [1.165, 1.54) is 29.5 Å². The predicted octanol–water partition coefficient (Wildman–Crippen LogP) is 4.97. The first kappa shape index (κ1) is 24.9. The summed E-state index contributed by atoms with van der Waals surface area (Å²) in [5.74, 6) is 0.387. The molecule has 0 saturated heterocycles. The van der Waals surface area contributed by atoms with Crippen molar-refractivity contribution in [2.45, 2.75) is 13.0 Å². The van der Waals surface area contributed by atoms with Gasteiger partial charge in [-0.1, -0.05) is 29.5 Å². The van der Waals surface area contributed by atoms with Crippen LogP contribution in [0.15, 0.2) is 67.3 Å². The molecule has 0 atom stereocenters. The number of benzene rings is 2. The molecule has 2 aromatic heterocycles. The Hall–Kier alpha value is -3.76. The fraction of sp³-hybridized carbons (Fsp3) is 0.174. The summed E-state index contributed by atoms with van der Waals surface area (Å²) in [6, 6.07) is 11.8. The van der Waals surface area contributed by atoms with Crippen molar-refractivity contribution in [3.63, 3.8) is 0 Å². The number of fused-ring (bicyclic) bond motifs is 1. The number of amides is 1. The number of aromatic nitrogens is 3. The molecule has 0 fully saturated rings. The molecule has 176 valence electrons. The van der Waals surface area contributed by atoms with Crippen LogP contribution in [0.3, 0.4) is 0 Å². The first-order valence-corrected chi connectivity index (χ1v) is 11.0. The zero-order valence-corrected chi connectivity index (χ0v) is 19.9. The van der Waals surface area contributed by atoms with E-state index in [9.17, 15) is 14.9 Å². The molecule has 0 N–H and O–H groups in total. The number of methoxy groups -OCH3 is 1. The zero-order valence-electron chi connectivity index (χ0n) is 18.2. The zero-order chi connectivity index (χ0) is 23.2. The van der Waals surface area contributed by atoms with Crippen LogP contribution in [0.2, 0.25) is 0 Å². The Morgan fingerprint density at radius 1 is 1.29 bits per heavy atom. The second kappa shape index (κ2) is 11.4. The molecule has 2 aromatic carbocycles. The normalized spacial score (nSPS) is 10.9. The number of nitro benzene ring substituents is 1. The molecule has 34 heavy (non-hydrogen) atoms. The molecule has 0 unspecified atom stereocenters. The van der Waals surface area contributed by atoms with Crippen molar-refractivity contribution in [3.05, 3.63) is 82.9 Å². The Bertz CT molecular complexity index is 1310. The van der Waals surface area contributed by atoms with Crippen molar-refractivity contribution in [2.75, 3.05) is 18.6 Å². The highest BCUT2D eigenvalue weighted by Gasteiger charge is 2.19. The second-order valence-electron chi connectivity index (χ2n) is 7.13. The average molecular weight is 500 g/mol. The number of rotatable bonds is 9. The summed E-state index contributed by atoms with van der Waals surface area (Å²) < 4.78 is 8.27. The molecule has 0 aliphatic carbocycles. The van der Waals surface area contributed by atoms with Gasteiger partial charge >= 0.3 is 0 Å². The van der Waals surface area contributed by atoms with E-state index >= 15 is 0 Å². The molecular weight excluding hydrogens is 478 g/mol. The van der Waals surface area contributed by atoms with Crippen LogP contribution in [0, 0.1) is 10.1 Å². The maximum absolute atomic E-state index is 13.2. The lowest BCUT2D eigenvalue weighted by Crippen LogP contribution is -2.30. The fourth-order valence-corrected chi connectivity index (χ4v) is 4.34. The molecule has 11 heteroatoms. The lowest BCUT2D eigenvalue weighted by molar-refractivity contribution is -0.384. The van der Waals surface area contributed by atoms with Crippen LogP contribution in [0.1, 0.15) is 12.0 Å². The van der Waals surface area contributed by atoms with E-state index < -0.39 is 4.92 Å². The number of anilines is 1. The van der Waals surface area contributed by atoms with Crippen LogP contribution < -0.4 is 9.64 Å². The van der Waals surface area contributed by atoms with Crippen molar-refractivity contribution in [1.82, 2.24) is 14.5 Å². The van der Waals surface area contributed by atoms with E-state index in [1.807, 2.05) is 29.0 Å². The number of hydrogen-bond donors (Lipinski definition) is 0. The molecule has 0 radical (unpaired) electrons. The van der Waals surface area contributed by atoms with Crippen LogP contribution in [0.4, 0.5) is 10.8 Å². The number of ether oxygens (including phenoxy) is 1. The Kier molecular flexibility index (Phi) is 8.34. The average Bonchev–Trinajstić information content (AvgIpc) is 3.50. The molecule has 0 saturated carbocycles. The van der Waals surface area contributed by atoms with Crippen molar-refractivity contribution < 1.29 is 14.5 Å². The number of halogens is 1. The SMILES string of the molecule is COc1cccc2sc(N(CCCn3ccnc3)C(=O)/C=C/c3cccc([N+](=O)[O-])c3)nc12.Cl. The Balaban J connectivity index is 0.00000324. The first-order valence-electron chi connectivity index (χ1n) is 10.2. The minimum Gasteiger partial charge on any atom is -0.494 e. The molecule has 9 nitrogen and oxygen atoms in total. The van der Waals surface area contributed by atoms with E-state index in [-0.39, 0.29) is 24.0 Å². The van der Waals surface area contributed by atoms with E-state index in [0.717, 1.165) is 4.70 Å². The predicted molar refractivity (Wildman–Crippen MR) is 135 cm³/mol. The summed E-state index contributed by atoms with van der Waals surface area (Å²) in [5.41, 5.74) is 1.25. The Morgan fingerprint density at radius 2 is 2.12 bits per heavy atom. The van der Waals surface area contributed by atoms with Gasteiger partial charge in [0.15, 0.2) is 5.13 Å². The summed E-state index contributed by atoms with van der Waals surface area (Å²) in [5, 5.41) is 11.6. The van der Waals surface area contributed by atoms with Gasteiger partial charge in [0.25, 0.3) is 11.6 Å². The van der Waals surface area contributed by atoms with Gasteiger partial charge in [-0.15, -0.1) is 12.4 Å². The van der Waals surface area contributed by atoms with E-state index in [2.05, 4.69) is 9.97 Å². The van der Waals surface area contributed by atoms with Gasteiger partial charge < -0.3 is 9.30 Å². The van der Waals surface area contributed by atoms with Gasteiger partial charge in [-0.3, -0.25) is 19.8 Å². The highest BCUT2D eigenvalue weighted by atomic mass is 35.5. The Morgan fingerprint density at radius 3 is 2.85 bits per heavy atom. The van der Waals surface area contributed by atoms with Crippen molar-refractivity contribution in [2.24, 2.45) is 0 Å². The third kappa shape index (κ3) is 5.77. The van der Waals surface area contributed by atoms with Crippen LogP contribution in [0.5, 0.6) is 5.75 Å². The maximum Gasteiger partial charge on any atom is 0.270 e. The van der Waals surface area contributed by atoms with Crippen LogP contribution in [-0.4, -0.2) is 39.0 Å². The number of carbonyl (C=O) groups is 1. The van der Waals surface area contributed by atoms with Gasteiger partial charge in [0.05, 0.1) is 23.1 Å². The number of imidazole rings is 1. The smallest absolute Gasteiger partial charge is 0.270 e. The monoisotopic (exact) mass is 499 g/mol. The highest BCUT2D eigenvalue weighted by Crippen LogP contribution is 2.34. The van der Waals surface area contributed by atoms with Crippen molar-refractivity contribution in [1.29, 1.82) is 0 Å². The Labute approximate surface area is 205 Å². The van der Waals surface area contributed by atoms with E-state index in [0.29, 0.717) is 41.5 Å². The molecule has 4 rings (SSSR count). The number of hydrogen-bond acceptors (Lipinski definition) is 7. The van der Waals surface area contributed by atoms with Crippen molar-refractivity contribution >= 4 is 56.8 Å². The number of carbonyl (C=O) groups excluding carboxylic acids is 1. The van der Waals surface area contributed by atoms with E-state index in [4.69, 9.17) is 4.74 Å². The molecular formula is C23H22ClN5O4S. The van der Waals surface area contributed by atoms with Gasteiger partial charge in [0, 0.05) is 43.7 Å². The van der Waals surface area contributed by atoms with Gasteiger partial charge in [-0.05, 0) is 30.2 Å². The summed E-state index contributed by atoms with van der Waals surface area (Å²) in [4.78, 5) is 34.1. The quantitative estimate of drug-likeness (QED) is 0.183. The second-order valence-corrected chi connectivity index (χ2v) is 8.14. The molecule has 2 heterocycles. The number of aryl methyl sites for hydroxylation is 1. The number of nitro groups is 1. The summed E-state index contributed by atoms with van der Waals surface area (Å²) in [6.07, 6.45) is 9.00. The van der Waals surface area contributed by atoms with Gasteiger partial charge in [0.2, 0.25) is 0 Å². The largest absolute Gasteiger partial charge is 0.494 e. The minimum absolute atomic E-state index is 0. The standard InChI is InChI=1S/C23H21N5O4S.ClH/c1-32-19-7-3-8-20-22(19)25-23(33-20)27(13-4-12-26-14-11-24-16-26)21(29)10-9-17-5-2-6-18(15-17)28(30)31;/h2-3,5-11,14-16H,4,12-13H2,1H3;1H/b10-9+;. The first-order chi connectivity index (χ1) is 16.0. The third-order valence-corrected chi connectivity index (χ3v) is 5.99. The third-order valence-electron chi connectivity index (χ3n) is 4.94. The van der Waals surface area contributed by atoms with Crippen molar-refractivity contribution in [3.8, 4) is 5.75 Å². The molecule has 0 bridgehead atoms. The number of non-ortho nitro benzene ring substituents is 1. The number of thiazole rings is 1. The van der Waals surface area contributed by atoms with Crippen LogP contribution >= 0.6 is 23.7 Å². The highest BCUT2D eigenvalue weighted by molar-refractivity contribution is 7.22. The maximum atomic E-state index is 13.2. The number of nitrogens with zero attached hydrogens (tertiary/aromatic N) is 5. The molecule has 0 aliphatic heterocycles. The van der Waals surface area contributed by atoms with Gasteiger partial charge in [0.1, 0.15) is 11.3 Å². The van der Waals surface area contributed by atoms with Gasteiger partial charge in [-0.2, -0.15) is 0 Å². The molecule has 0 spiro atoms. The number of para-hydroxylation sites is 1. The minimum atomic E-state index is -0.462. The lowest BCUT2D eigenvalue weighted by Gasteiger charge is -2.18. The lowest BCUT2D eigenvalue weighted by atomic mass is 10.2. The summed E-state index contributed by atoms with van der Waals surface area (Å²) in [6.45, 7) is 1.14. The molecule has 4 aromatic rings. The van der Waals surface area contributed by atoms with Crippen LogP contribution in [0.25, 0.3) is 16.3 Å². The summed E-state index contributed by atoms with van der Waals surface area (Å²) in [7, 11) is 1.59. The fourth-order valence-electron chi connectivity index (χ4n) is 3.32. The summed E-state index contributed by atoms with van der Waals surface area (Å²) >= 11 is 1.41. The molecule has 1 amide bonds. The van der Waals surface area contributed by atoms with Gasteiger partial charge in [-0.25, -0.2) is 9.97 Å². The molecule has 0 aliphatic rings. The van der Waals surface area contributed by atoms with E-state index in [1.54, 1.807) is 42.7 Å².